The minimum absolute atomic E-state index is 0.00156. The average Bonchev–Trinajstić information content (AvgIpc) is 2.82. The fourth-order valence-electron chi connectivity index (χ4n) is 3.92. The van der Waals surface area contributed by atoms with Crippen molar-refractivity contribution in [1.29, 1.82) is 0 Å². The van der Waals surface area contributed by atoms with Crippen LogP contribution >= 0.6 is 0 Å². The van der Waals surface area contributed by atoms with Gasteiger partial charge in [0.15, 0.2) is 11.5 Å². The van der Waals surface area contributed by atoms with Crippen LogP contribution in [-0.2, 0) is 11.2 Å². The minimum atomic E-state index is -0.758. The number of rotatable bonds is 10. The topological polar surface area (TPSA) is 116 Å². The lowest BCUT2D eigenvalue weighted by molar-refractivity contribution is -0.120. The number of benzene rings is 2. The van der Waals surface area contributed by atoms with Crippen molar-refractivity contribution in [2.45, 2.75) is 39.7 Å². The molecule has 0 aromatic heterocycles. The molecular weight excluding hydrogens is 446 g/mol. The van der Waals surface area contributed by atoms with Gasteiger partial charge in [-0.15, -0.1) is 0 Å². The van der Waals surface area contributed by atoms with E-state index >= 15 is 0 Å². The number of aromatic hydroxyl groups is 1. The van der Waals surface area contributed by atoms with Gasteiger partial charge in [0.1, 0.15) is 11.4 Å². The molecule has 0 radical (unpaired) electrons. The van der Waals surface area contributed by atoms with Crippen LogP contribution in [0.4, 0.5) is 17.1 Å². The Morgan fingerprint density at radius 3 is 2.26 bits per heavy atom. The van der Waals surface area contributed by atoms with Gasteiger partial charge < -0.3 is 20.6 Å². The van der Waals surface area contributed by atoms with Crippen molar-refractivity contribution in [3.8, 4) is 5.75 Å². The first-order valence-corrected chi connectivity index (χ1v) is 11.5. The van der Waals surface area contributed by atoms with E-state index in [1.165, 1.54) is 17.0 Å². The van der Waals surface area contributed by atoms with E-state index in [-0.39, 0.29) is 46.5 Å². The Morgan fingerprint density at radius 1 is 0.971 bits per heavy atom. The van der Waals surface area contributed by atoms with Crippen molar-refractivity contribution in [3.05, 3.63) is 79.6 Å². The molecule has 0 saturated heterocycles. The number of para-hydroxylation sites is 1. The Labute approximate surface area is 204 Å². The molecular formula is C27H31N3O5. The van der Waals surface area contributed by atoms with E-state index in [1.807, 2.05) is 45.0 Å². The maximum Gasteiger partial charge on any atom is 0.257 e. The van der Waals surface area contributed by atoms with Crippen LogP contribution < -0.4 is 21.5 Å². The first-order valence-electron chi connectivity index (χ1n) is 11.5. The lowest BCUT2D eigenvalue weighted by atomic mass is 9.93. The summed E-state index contributed by atoms with van der Waals surface area (Å²) in [5.41, 5.74) is 0.829. The molecule has 3 aromatic carbocycles. The van der Waals surface area contributed by atoms with Crippen LogP contribution in [0.2, 0.25) is 0 Å². The number of hydrogen-bond donors (Lipinski definition) is 3. The van der Waals surface area contributed by atoms with E-state index in [1.54, 1.807) is 20.2 Å². The van der Waals surface area contributed by atoms with E-state index in [0.717, 1.165) is 11.1 Å². The van der Waals surface area contributed by atoms with E-state index in [4.69, 9.17) is 0 Å². The van der Waals surface area contributed by atoms with Gasteiger partial charge in [-0.05, 0) is 42.5 Å². The number of phenols is 1. The molecule has 0 fully saturated rings. The molecule has 0 unspecified atom stereocenters. The second-order valence-corrected chi connectivity index (χ2v) is 9.19. The monoisotopic (exact) mass is 477 g/mol. The Bertz CT molecular complexity index is 1320. The van der Waals surface area contributed by atoms with Gasteiger partial charge in [-0.2, -0.15) is 0 Å². The van der Waals surface area contributed by atoms with Crippen LogP contribution in [0, 0.1) is 12.8 Å². The van der Waals surface area contributed by atoms with E-state index in [2.05, 4.69) is 10.6 Å². The molecule has 0 aliphatic carbocycles. The Morgan fingerprint density at radius 2 is 1.63 bits per heavy atom. The van der Waals surface area contributed by atoms with Gasteiger partial charge in [0.2, 0.25) is 0 Å². The SMILES string of the molecule is Cc1ccccc1CCC(=O)[C@H](Nc1c(Nc2cccc(C(=O)N(C)C)c2O)c(=O)c1=O)C(C)C. The first kappa shape index (κ1) is 25.7. The zero-order chi connectivity index (χ0) is 25.9. The summed E-state index contributed by atoms with van der Waals surface area (Å²) in [5.74, 6) is -0.941. The van der Waals surface area contributed by atoms with Crippen molar-refractivity contribution in [2.24, 2.45) is 5.92 Å². The number of phenolic OH excluding ortho intramolecular Hbond substituents is 1. The van der Waals surface area contributed by atoms with Crippen LogP contribution in [0.5, 0.6) is 5.75 Å². The second-order valence-electron chi connectivity index (χ2n) is 9.19. The predicted octanol–water partition coefficient (Wildman–Crippen LogP) is 3.38. The third-order valence-electron chi connectivity index (χ3n) is 6.06. The summed E-state index contributed by atoms with van der Waals surface area (Å²) < 4.78 is 0. The van der Waals surface area contributed by atoms with Gasteiger partial charge in [0.25, 0.3) is 16.8 Å². The fraction of sp³-hybridized carbons (Fsp3) is 0.333. The quantitative estimate of drug-likeness (QED) is 0.303. The highest BCUT2D eigenvalue weighted by molar-refractivity contribution is 5.99. The Hall–Kier alpha value is -3.94. The van der Waals surface area contributed by atoms with E-state index < -0.39 is 22.8 Å². The first-order chi connectivity index (χ1) is 16.5. The molecule has 0 bridgehead atoms. The molecule has 184 valence electrons. The molecule has 3 rings (SSSR count). The zero-order valence-corrected chi connectivity index (χ0v) is 20.6. The van der Waals surface area contributed by atoms with Crippen LogP contribution in [0.1, 0.15) is 41.8 Å². The molecule has 0 spiro atoms. The number of anilines is 3. The number of carbonyl (C=O) groups excluding carboxylic acids is 2. The molecule has 3 aromatic rings. The van der Waals surface area contributed by atoms with Gasteiger partial charge in [-0.3, -0.25) is 19.2 Å². The van der Waals surface area contributed by atoms with E-state index in [9.17, 15) is 24.3 Å². The third-order valence-corrected chi connectivity index (χ3v) is 6.06. The summed E-state index contributed by atoms with van der Waals surface area (Å²) in [5, 5.41) is 16.3. The van der Waals surface area contributed by atoms with Crippen LogP contribution in [0.3, 0.4) is 0 Å². The predicted molar refractivity (Wildman–Crippen MR) is 138 cm³/mol. The smallest absolute Gasteiger partial charge is 0.257 e. The second kappa shape index (κ2) is 10.5. The molecule has 8 heteroatoms. The summed E-state index contributed by atoms with van der Waals surface area (Å²) in [6.07, 6.45) is 0.863. The molecule has 8 nitrogen and oxygen atoms in total. The normalized spacial score (nSPS) is 11.9. The minimum Gasteiger partial charge on any atom is -0.505 e. The maximum absolute atomic E-state index is 13.1. The number of nitrogens with zero attached hydrogens (tertiary/aromatic N) is 1. The highest BCUT2D eigenvalue weighted by atomic mass is 16.3. The summed E-state index contributed by atoms with van der Waals surface area (Å²) >= 11 is 0. The average molecular weight is 478 g/mol. The standard InChI is InChI=1S/C27H31N3O5/c1-15(2)21(20(31)14-13-17-10-7-6-9-16(17)3)29-23-22(25(33)26(23)34)28-19-12-8-11-18(24(19)32)27(35)30(4)5/h6-12,15,21,28-29,32H,13-14H2,1-5H3/t21-/m1/s1. The zero-order valence-electron chi connectivity index (χ0n) is 20.6. The molecule has 0 saturated carbocycles. The number of amides is 1. The number of ketones is 1. The van der Waals surface area contributed by atoms with Gasteiger partial charge in [-0.1, -0.05) is 44.2 Å². The summed E-state index contributed by atoms with van der Waals surface area (Å²) in [4.78, 5) is 51.4. The molecule has 0 aliphatic rings. The maximum atomic E-state index is 13.1. The number of aryl methyl sites for hydroxylation is 2. The van der Waals surface area contributed by atoms with Crippen LogP contribution in [0.25, 0.3) is 0 Å². The molecule has 1 amide bonds. The summed E-state index contributed by atoms with van der Waals surface area (Å²) in [6.45, 7) is 5.73. The summed E-state index contributed by atoms with van der Waals surface area (Å²) in [6, 6.07) is 11.7. The molecule has 35 heavy (non-hydrogen) atoms. The number of nitrogens with one attached hydrogen (secondary N) is 2. The fourth-order valence-corrected chi connectivity index (χ4v) is 3.92. The number of Topliss-reactive ketones (excluding diaryl/α,β-unsaturated/α-hetero) is 1. The molecule has 1 atom stereocenters. The lowest BCUT2D eigenvalue weighted by Gasteiger charge is -2.25. The molecule has 0 aliphatic heterocycles. The van der Waals surface area contributed by atoms with Gasteiger partial charge in [0, 0.05) is 20.5 Å². The van der Waals surface area contributed by atoms with Crippen LogP contribution in [0.15, 0.2) is 52.1 Å². The van der Waals surface area contributed by atoms with Gasteiger partial charge in [-0.25, -0.2) is 0 Å². The summed E-state index contributed by atoms with van der Waals surface area (Å²) in [7, 11) is 3.12. The number of hydrogen-bond acceptors (Lipinski definition) is 7. The van der Waals surface area contributed by atoms with Gasteiger partial charge in [0.05, 0.1) is 17.3 Å². The molecule has 3 N–H and O–H groups in total. The Balaban J connectivity index is 1.81. The third kappa shape index (κ3) is 5.42. The van der Waals surface area contributed by atoms with Crippen molar-refractivity contribution in [2.75, 3.05) is 24.7 Å². The van der Waals surface area contributed by atoms with Crippen molar-refractivity contribution in [3.63, 3.8) is 0 Å². The van der Waals surface area contributed by atoms with Crippen molar-refractivity contribution in [1.82, 2.24) is 4.90 Å². The Kier molecular flexibility index (Phi) is 7.74. The highest BCUT2D eigenvalue weighted by Crippen LogP contribution is 2.32. The van der Waals surface area contributed by atoms with E-state index in [0.29, 0.717) is 6.42 Å². The number of carbonyl (C=O) groups is 2. The molecule has 0 heterocycles. The van der Waals surface area contributed by atoms with Crippen molar-refractivity contribution < 1.29 is 14.7 Å². The van der Waals surface area contributed by atoms with Crippen LogP contribution in [-0.4, -0.2) is 41.8 Å². The highest BCUT2D eigenvalue weighted by Gasteiger charge is 2.29. The lowest BCUT2D eigenvalue weighted by Crippen LogP contribution is -2.43. The van der Waals surface area contributed by atoms with Gasteiger partial charge >= 0.3 is 0 Å². The van der Waals surface area contributed by atoms with Crippen molar-refractivity contribution >= 4 is 28.8 Å². The largest absolute Gasteiger partial charge is 0.505 e.